The summed E-state index contributed by atoms with van der Waals surface area (Å²) in [7, 11) is 1.58. The highest BCUT2D eigenvalue weighted by molar-refractivity contribution is 9.10. The van der Waals surface area contributed by atoms with Crippen LogP contribution in [0.3, 0.4) is 0 Å². The molecular formula is C15H20BrNO2. The number of methoxy groups -OCH3 is 1. The van der Waals surface area contributed by atoms with Crippen LogP contribution >= 0.6 is 15.9 Å². The van der Waals surface area contributed by atoms with Crippen LogP contribution in [0.25, 0.3) is 0 Å². The molecule has 1 saturated carbocycles. The highest BCUT2D eigenvalue weighted by Crippen LogP contribution is 2.48. The molecule has 1 amide bonds. The molecule has 19 heavy (non-hydrogen) atoms. The largest absolute Gasteiger partial charge is 0.496 e. The third-order valence-corrected chi connectivity index (χ3v) is 4.26. The van der Waals surface area contributed by atoms with Crippen molar-refractivity contribution in [1.29, 1.82) is 0 Å². The van der Waals surface area contributed by atoms with Gasteiger partial charge in [0.05, 0.1) is 12.7 Å². The number of rotatable bonds is 6. The molecule has 104 valence electrons. The van der Waals surface area contributed by atoms with Crippen molar-refractivity contribution in [2.24, 2.45) is 5.41 Å². The lowest BCUT2D eigenvalue weighted by Crippen LogP contribution is -2.30. The molecule has 0 aliphatic heterocycles. The minimum Gasteiger partial charge on any atom is -0.496 e. The molecule has 4 heteroatoms. The average Bonchev–Trinajstić information content (AvgIpc) is 3.16. The molecule has 1 aromatic carbocycles. The fourth-order valence-electron chi connectivity index (χ4n) is 2.44. The van der Waals surface area contributed by atoms with Crippen LogP contribution in [0.2, 0.25) is 0 Å². The summed E-state index contributed by atoms with van der Waals surface area (Å²) in [6.07, 6.45) is 4.85. The van der Waals surface area contributed by atoms with Crippen LogP contribution < -0.4 is 10.1 Å². The first-order valence-corrected chi connectivity index (χ1v) is 7.51. The maximum atomic E-state index is 12.2. The number of hydrogen-bond acceptors (Lipinski definition) is 2. The Labute approximate surface area is 122 Å². The van der Waals surface area contributed by atoms with Gasteiger partial charge < -0.3 is 10.1 Å². The van der Waals surface area contributed by atoms with E-state index in [4.69, 9.17) is 4.74 Å². The van der Waals surface area contributed by atoms with Gasteiger partial charge in [0.25, 0.3) is 5.91 Å². The fraction of sp³-hybridized carbons (Fsp3) is 0.533. The second-order valence-corrected chi connectivity index (χ2v) is 6.19. The smallest absolute Gasteiger partial charge is 0.255 e. The van der Waals surface area contributed by atoms with Gasteiger partial charge in [-0.15, -0.1) is 0 Å². The Balaban J connectivity index is 2.00. The first kappa shape index (κ1) is 14.4. The highest BCUT2D eigenvalue weighted by Gasteiger charge is 2.41. The maximum Gasteiger partial charge on any atom is 0.255 e. The molecule has 3 nitrogen and oxygen atoms in total. The predicted octanol–water partition coefficient (Wildman–Crippen LogP) is 3.77. The number of carbonyl (C=O) groups excluding carboxylic acids is 1. The summed E-state index contributed by atoms with van der Waals surface area (Å²) < 4.78 is 6.16. The zero-order chi connectivity index (χ0) is 13.9. The van der Waals surface area contributed by atoms with Gasteiger partial charge in [-0.1, -0.05) is 29.3 Å². The van der Waals surface area contributed by atoms with Crippen molar-refractivity contribution in [3.05, 3.63) is 28.2 Å². The van der Waals surface area contributed by atoms with Crippen molar-refractivity contribution >= 4 is 21.8 Å². The van der Waals surface area contributed by atoms with E-state index >= 15 is 0 Å². The molecule has 0 bridgehead atoms. The molecule has 1 aromatic rings. The standard InChI is InChI=1S/C15H20BrNO2/c1-3-6-15(7-8-15)10-17-14(18)12-5-4-11(16)9-13(12)19-2/h4-5,9H,3,6-8,10H2,1-2H3,(H,17,18). The number of halogens is 1. The van der Waals surface area contributed by atoms with Gasteiger partial charge in [-0.2, -0.15) is 0 Å². The average molecular weight is 326 g/mol. The van der Waals surface area contributed by atoms with Crippen molar-refractivity contribution in [3.63, 3.8) is 0 Å². The van der Waals surface area contributed by atoms with Crippen LogP contribution in [-0.2, 0) is 0 Å². The van der Waals surface area contributed by atoms with Gasteiger partial charge in [0.1, 0.15) is 5.75 Å². The summed E-state index contributed by atoms with van der Waals surface area (Å²) in [5.41, 5.74) is 0.963. The Kier molecular flexibility index (Phi) is 4.50. The number of benzene rings is 1. The Bertz CT molecular complexity index is 469. The van der Waals surface area contributed by atoms with Crippen LogP contribution in [0, 0.1) is 5.41 Å². The lowest BCUT2D eigenvalue weighted by molar-refractivity contribution is 0.0940. The van der Waals surface area contributed by atoms with Gasteiger partial charge in [0.2, 0.25) is 0 Å². The first-order chi connectivity index (χ1) is 9.10. The van der Waals surface area contributed by atoms with Crippen molar-refractivity contribution in [2.75, 3.05) is 13.7 Å². The second kappa shape index (κ2) is 5.95. The van der Waals surface area contributed by atoms with Gasteiger partial charge in [0.15, 0.2) is 0 Å². The Hall–Kier alpha value is -1.03. The molecule has 0 heterocycles. The lowest BCUT2D eigenvalue weighted by Gasteiger charge is -2.16. The Morgan fingerprint density at radius 1 is 1.47 bits per heavy atom. The van der Waals surface area contributed by atoms with Crippen LogP contribution in [0.1, 0.15) is 43.0 Å². The van der Waals surface area contributed by atoms with Gasteiger partial charge in [-0.3, -0.25) is 4.79 Å². The highest BCUT2D eigenvalue weighted by atomic mass is 79.9. The minimum atomic E-state index is -0.0493. The van der Waals surface area contributed by atoms with Crippen molar-refractivity contribution < 1.29 is 9.53 Å². The zero-order valence-corrected chi connectivity index (χ0v) is 13.0. The second-order valence-electron chi connectivity index (χ2n) is 5.28. The van der Waals surface area contributed by atoms with E-state index in [0.717, 1.165) is 11.0 Å². The summed E-state index contributed by atoms with van der Waals surface area (Å²) in [6.45, 7) is 2.97. The molecule has 0 unspecified atom stereocenters. The summed E-state index contributed by atoms with van der Waals surface area (Å²) in [5.74, 6) is 0.555. The molecule has 1 N–H and O–H groups in total. The van der Waals surface area contributed by atoms with E-state index in [-0.39, 0.29) is 5.91 Å². The zero-order valence-electron chi connectivity index (χ0n) is 11.5. The van der Waals surface area contributed by atoms with E-state index < -0.39 is 0 Å². The van der Waals surface area contributed by atoms with E-state index in [1.165, 1.54) is 25.7 Å². The summed E-state index contributed by atoms with van der Waals surface area (Å²) in [4.78, 5) is 12.2. The van der Waals surface area contributed by atoms with E-state index in [0.29, 0.717) is 16.7 Å². The third kappa shape index (κ3) is 3.50. The van der Waals surface area contributed by atoms with Crippen LogP contribution in [0.4, 0.5) is 0 Å². The summed E-state index contributed by atoms with van der Waals surface area (Å²) >= 11 is 3.38. The Morgan fingerprint density at radius 2 is 2.21 bits per heavy atom. The molecule has 1 fully saturated rings. The molecule has 0 spiro atoms. The van der Waals surface area contributed by atoms with Crippen molar-refractivity contribution in [1.82, 2.24) is 5.32 Å². The molecule has 2 rings (SSSR count). The first-order valence-electron chi connectivity index (χ1n) is 6.72. The molecule has 0 aromatic heterocycles. The molecule has 0 atom stereocenters. The van der Waals surface area contributed by atoms with E-state index in [1.54, 1.807) is 13.2 Å². The van der Waals surface area contributed by atoms with Gasteiger partial charge in [-0.05, 0) is 42.9 Å². The van der Waals surface area contributed by atoms with Crippen LogP contribution in [0.15, 0.2) is 22.7 Å². The predicted molar refractivity (Wildman–Crippen MR) is 79.6 cm³/mol. The summed E-state index contributed by atoms with van der Waals surface area (Å²) in [6, 6.07) is 5.46. The van der Waals surface area contributed by atoms with Crippen molar-refractivity contribution in [3.8, 4) is 5.75 Å². The molecule has 0 radical (unpaired) electrons. The number of nitrogens with one attached hydrogen (secondary N) is 1. The molecule has 1 aliphatic carbocycles. The Morgan fingerprint density at radius 3 is 2.79 bits per heavy atom. The van der Waals surface area contributed by atoms with Gasteiger partial charge in [0, 0.05) is 11.0 Å². The molecular weight excluding hydrogens is 306 g/mol. The third-order valence-electron chi connectivity index (χ3n) is 3.77. The van der Waals surface area contributed by atoms with Gasteiger partial charge in [-0.25, -0.2) is 0 Å². The quantitative estimate of drug-likeness (QED) is 0.864. The normalized spacial score (nSPS) is 15.9. The van der Waals surface area contributed by atoms with E-state index in [2.05, 4.69) is 28.2 Å². The monoisotopic (exact) mass is 325 g/mol. The fourth-order valence-corrected chi connectivity index (χ4v) is 2.78. The van der Waals surface area contributed by atoms with E-state index in [9.17, 15) is 4.79 Å². The number of ether oxygens (including phenoxy) is 1. The van der Waals surface area contributed by atoms with E-state index in [1.807, 2.05) is 12.1 Å². The number of hydrogen-bond donors (Lipinski definition) is 1. The van der Waals surface area contributed by atoms with Crippen LogP contribution in [-0.4, -0.2) is 19.6 Å². The lowest BCUT2D eigenvalue weighted by atomic mass is 10.0. The molecule has 0 saturated heterocycles. The van der Waals surface area contributed by atoms with Gasteiger partial charge >= 0.3 is 0 Å². The minimum absolute atomic E-state index is 0.0493. The van der Waals surface area contributed by atoms with Crippen LogP contribution in [0.5, 0.6) is 5.75 Å². The maximum absolute atomic E-state index is 12.2. The SMILES string of the molecule is CCCC1(CNC(=O)c2ccc(Br)cc2OC)CC1. The number of amides is 1. The summed E-state index contributed by atoms with van der Waals surface area (Å²) in [5, 5.41) is 3.05. The molecule has 1 aliphatic rings. The topological polar surface area (TPSA) is 38.3 Å². The number of carbonyl (C=O) groups is 1. The van der Waals surface area contributed by atoms with Crippen molar-refractivity contribution in [2.45, 2.75) is 32.6 Å².